The molecule has 2 atom stereocenters. The molecule has 3 aromatic rings. The van der Waals surface area contributed by atoms with Gasteiger partial charge in [-0.15, -0.1) is 0 Å². The molecule has 27 heavy (non-hydrogen) atoms. The Morgan fingerprint density at radius 3 is 2.56 bits per heavy atom. The molecule has 7 nitrogen and oxygen atoms in total. The minimum absolute atomic E-state index is 0.237. The quantitative estimate of drug-likeness (QED) is 0.354. The molecule has 1 N–H and O–H groups in total. The first kappa shape index (κ1) is 18.5. The van der Waals surface area contributed by atoms with Gasteiger partial charge in [0.25, 0.3) is 0 Å². The van der Waals surface area contributed by atoms with E-state index in [1.165, 1.54) is 19.6 Å². The lowest BCUT2D eigenvalue weighted by Crippen LogP contribution is -2.38. The van der Waals surface area contributed by atoms with Crippen LogP contribution in [-0.4, -0.2) is 25.4 Å². The van der Waals surface area contributed by atoms with Crippen LogP contribution in [0.2, 0.25) is 0 Å². The summed E-state index contributed by atoms with van der Waals surface area (Å²) in [4.78, 5) is 12.4. The maximum Gasteiger partial charge on any atom is 0.337 e. The third-order valence-electron chi connectivity index (χ3n) is 3.81. The van der Waals surface area contributed by atoms with Crippen LogP contribution in [-0.2, 0) is 20.9 Å². The van der Waals surface area contributed by atoms with E-state index in [0.717, 1.165) is 5.56 Å². The maximum atomic E-state index is 12.4. The van der Waals surface area contributed by atoms with Crippen molar-refractivity contribution in [2.45, 2.75) is 18.8 Å². The molecule has 0 spiro atoms. The second-order valence-corrected chi connectivity index (χ2v) is 5.64. The molecule has 3 rings (SSSR count). The van der Waals surface area contributed by atoms with Gasteiger partial charge in [-0.2, -0.15) is 5.10 Å². The van der Waals surface area contributed by atoms with E-state index >= 15 is 0 Å². The summed E-state index contributed by atoms with van der Waals surface area (Å²) < 4.78 is 21.4. The molecule has 0 unspecified atom stereocenters. The number of hydrogen-bond acceptors (Lipinski definition) is 7. The molecule has 2 heterocycles. The average Bonchev–Trinajstić information content (AvgIpc) is 3.41. The summed E-state index contributed by atoms with van der Waals surface area (Å²) >= 11 is 0. The molecule has 0 aliphatic heterocycles. The summed E-state index contributed by atoms with van der Waals surface area (Å²) in [6.45, 7) is 0.237. The van der Waals surface area contributed by atoms with Gasteiger partial charge in [0, 0.05) is 0 Å². The number of ether oxygens (including phenoxy) is 2. The highest BCUT2D eigenvalue weighted by molar-refractivity contribution is 5.76. The number of methoxy groups -OCH3 is 1. The van der Waals surface area contributed by atoms with Crippen LogP contribution in [0.5, 0.6) is 0 Å². The number of carbonyl (C=O) groups excluding carboxylic acids is 1. The van der Waals surface area contributed by atoms with E-state index in [1.807, 2.05) is 30.3 Å². The van der Waals surface area contributed by atoms with Crippen molar-refractivity contribution in [2.75, 3.05) is 7.11 Å². The van der Waals surface area contributed by atoms with Crippen LogP contribution < -0.4 is 5.43 Å². The number of esters is 1. The number of nitrogens with zero attached hydrogens (tertiary/aromatic N) is 1. The second-order valence-electron chi connectivity index (χ2n) is 5.64. The molecule has 0 amide bonds. The first-order valence-electron chi connectivity index (χ1n) is 8.37. The van der Waals surface area contributed by atoms with E-state index in [0.29, 0.717) is 11.5 Å². The van der Waals surface area contributed by atoms with Crippen LogP contribution in [0.1, 0.15) is 23.1 Å². The Balaban J connectivity index is 1.77. The third-order valence-corrected chi connectivity index (χ3v) is 3.81. The lowest BCUT2D eigenvalue weighted by atomic mass is 10.1. The van der Waals surface area contributed by atoms with Crippen LogP contribution in [0.25, 0.3) is 0 Å². The normalized spacial score (nSPS) is 13.4. The third kappa shape index (κ3) is 5.08. The molecule has 0 saturated carbocycles. The molecule has 2 aromatic heterocycles. The zero-order valence-electron chi connectivity index (χ0n) is 14.8. The zero-order chi connectivity index (χ0) is 18.9. The molecular formula is C20H20N2O5. The topological polar surface area (TPSA) is 86.2 Å². The molecule has 0 bridgehead atoms. The van der Waals surface area contributed by atoms with E-state index in [1.54, 1.807) is 30.5 Å². The first-order chi connectivity index (χ1) is 13.3. The highest BCUT2D eigenvalue weighted by Gasteiger charge is 2.33. The molecule has 7 heteroatoms. The fourth-order valence-corrected chi connectivity index (χ4v) is 2.47. The Kier molecular flexibility index (Phi) is 6.43. The second kappa shape index (κ2) is 9.40. The largest absolute Gasteiger partial charge is 0.467 e. The predicted octanol–water partition coefficient (Wildman–Crippen LogP) is 3.30. The predicted molar refractivity (Wildman–Crippen MR) is 97.9 cm³/mol. The van der Waals surface area contributed by atoms with Crippen molar-refractivity contribution in [3.05, 3.63) is 84.2 Å². The molecule has 0 aliphatic carbocycles. The number of hydrazone groups is 1. The Morgan fingerprint density at radius 2 is 1.89 bits per heavy atom. The molecule has 0 saturated heterocycles. The fourth-order valence-electron chi connectivity index (χ4n) is 2.47. The molecule has 140 valence electrons. The van der Waals surface area contributed by atoms with Crippen molar-refractivity contribution in [2.24, 2.45) is 5.10 Å². The van der Waals surface area contributed by atoms with Crippen molar-refractivity contribution in [3.63, 3.8) is 0 Å². The van der Waals surface area contributed by atoms with Gasteiger partial charge in [0.05, 0.1) is 32.5 Å². The van der Waals surface area contributed by atoms with Gasteiger partial charge in [0.2, 0.25) is 0 Å². The van der Waals surface area contributed by atoms with Crippen LogP contribution in [0.15, 0.2) is 81.1 Å². The highest BCUT2D eigenvalue weighted by atomic mass is 16.6. The maximum absolute atomic E-state index is 12.4. The number of nitrogens with one attached hydrogen (secondary N) is 1. The minimum atomic E-state index is -0.963. The van der Waals surface area contributed by atoms with Crippen molar-refractivity contribution in [1.29, 1.82) is 0 Å². The average molecular weight is 368 g/mol. The number of rotatable bonds is 9. The Labute approximate surface area is 156 Å². The zero-order valence-corrected chi connectivity index (χ0v) is 14.8. The van der Waals surface area contributed by atoms with Gasteiger partial charge in [-0.3, -0.25) is 5.43 Å². The molecular weight excluding hydrogens is 348 g/mol. The Hall–Kier alpha value is -3.32. The molecule has 0 fully saturated rings. The molecule has 0 aliphatic rings. The van der Waals surface area contributed by atoms with E-state index < -0.39 is 18.1 Å². The van der Waals surface area contributed by atoms with Gasteiger partial charge in [0.15, 0.2) is 6.10 Å². The van der Waals surface area contributed by atoms with E-state index in [2.05, 4.69) is 10.5 Å². The fraction of sp³-hybridized carbons (Fsp3) is 0.200. The van der Waals surface area contributed by atoms with Gasteiger partial charge in [-0.25, -0.2) is 4.79 Å². The smallest absolute Gasteiger partial charge is 0.337 e. The summed E-state index contributed by atoms with van der Waals surface area (Å²) in [5, 5.41) is 4.15. The van der Waals surface area contributed by atoms with Gasteiger partial charge in [-0.05, 0) is 29.8 Å². The van der Waals surface area contributed by atoms with Crippen LogP contribution >= 0.6 is 0 Å². The summed E-state index contributed by atoms with van der Waals surface area (Å²) in [7, 11) is 1.31. The van der Waals surface area contributed by atoms with Gasteiger partial charge >= 0.3 is 5.97 Å². The van der Waals surface area contributed by atoms with Crippen LogP contribution in [0, 0.1) is 0 Å². The van der Waals surface area contributed by atoms with Gasteiger partial charge in [0.1, 0.15) is 17.6 Å². The number of carbonyl (C=O) groups is 1. The minimum Gasteiger partial charge on any atom is -0.467 e. The summed E-state index contributed by atoms with van der Waals surface area (Å²) in [5.41, 5.74) is 3.84. The van der Waals surface area contributed by atoms with Crippen LogP contribution in [0.4, 0.5) is 0 Å². The van der Waals surface area contributed by atoms with Gasteiger partial charge in [-0.1, -0.05) is 30.3 Å². The SMILES string of the molecule is COC(=O)[C@H](OCc1ccccc1)[C@@H](N/N=C/c1ccco1)c1ccco1. The Morgan fingerprint density at radius 1 is 1.11 bits per heavy atom. The lowest BCUT2D eigenvalue weighted by Gasteiger charge is -2.23. The molecule has 1 aromatic carbocycles. The first-order valence-corrected chi connectivity index (χ1v) is 8.37. The van der Waals surface area contributed by atoms with Crippen LogP contribution in [0.3, 0.4) is 0 Å². The van der Waals surface area contributed by atoms with E-state index in [-0.39, 0.29) is 6.61 Å². The summed E-state index contributed by atoms with van der Waals surface area (Å²) in [6.07, 6.45) is 3.61. The monoisotopic (exact) mass is 368 g/mol. The summed E-state index contributed by atoms with van der Waals surface area (Å²) in [5.74, 6) is 0.531. The highest BCUT2D eigenvalue weighted by Crippen LogP contribution is 2.22. The van der Waals surface area contributed by atoms with Crippen molar-refractivity contribution >= 4 is 12.2 Å². The summed E-state index contributed by atoms with van der Waals surface area (Å²) in [6, 6.07) is 15.9. The van der Waals surface area contributed by atoms with E-state index in [4.69, 9.17) is 18.3 Å². The number of hydrogen-bond donors (Lipinski definition) is 1. The lowest BCUT2D eigenvalue weighted by molar-refractivity contribution is -0.158. The van der Waals surface area contributed by atoms with Crippen molar-refractivity contribution in [1.82, 2.24) is 5.43 Å². The van der Waals surface area contributed by atoms with E-state index in [9.17, 15) is 4.79 Å². The Bertz CT molecular complexity index is 829. The number of benzene rings is 1. The number of furan rings is 2. The molecule has 0 radical (unpaired) electrons. The standard InChI is InChI=1S/C20H20N2O5/c1-24-20(23)19(27-14-15-7-3-2-4-8-15)18(17-10-6-12-26-17)22-21-13-16-9-5-11-25-16/h2-13,18-19,22H,14H2,1H3/b21-13+/t18-,19+/m0/s1. The van der Waals surface area contributed by atoms with Crippen molar-refractivity contribution in [3.8, 4) is 0 Å². The van der Waals surface area contributed by atoms with Crippen molar-refractivity contribution < 1.29 is 23.1 Å². The van der Waals surface area contributed by atoms with Gasteiger partial charge < -0.3 is 18.3 Å².